The van der Waals surface area contributed by atoms with E-state index in [1.165, 1.54) is 0 Å². The fourth-order valence-corrected chi connectivity index (χ4v) is 0.866. The van der Waals surface area contributed by atoms with E-state index >= 15 is 0 Å². The highest BCUT2D eigenvalue weighted by Gasteiger charge is 1.99. The Hall–Kier alpha value is -0.220. The number of rotatable bonds is 6. The Morgan fingerprint density at radius 3 is 2.82 bits per heavy atom. The van der Waals surface area contributed by atoms with E-state index in [1.807, 2.05) is 0 Å². The van der Waals surface area contributed by atoms with Gasteiger partial charge in [-0.15, -0.1) is 0 Å². The molecule has 0 saturated carbocycles. The molecular formula is C5H12NO4P. The molecule has 0 aromatic heterocycles. The van der Waals surface area contributed by atoms with Gasteiger partial charge in [-0.05, 0) is 12.8 Å². The van der Waals surface area contributed by atoms with Crippen LogP contribution in [0.1, 0.15) is 12.8 Å². The molecule has 0 radical (unpaired) electrons. The van der Waals surface area contributed by atoms with Gasteiger partial charge < -0.3 is 19.9 Å². The van der Waals surface area contributed by atoms with Crippen LogP contribution in [0.5, 0.6) is 0 Å². The Morgan fingerprint density at radius 1 is 1.73 bits per heavy atom. The van der Waals surface area contributed by atoms with Crippen LogP contribution in [0.25, 0.3) is 0 Å². The Kier molecular flexibility index (Phi) is 6.36. The summed E-state index contributed by atoms with van der Waals surface area (Å²) >= 11 is 0. The summed E-state index contributed by atoms with van der Waals surface area (Å²) in [5, 5.41) is 0. The first kappa shape index (κ1) is 10.8. The number of nitrogens with two attached hydrogens (primary N) is 1. The number of carbonyl (C=O) groups excluding carboxylic acids is 1. The largest absolute Gasteiger partial charge is 0.326 e. The topological polar surface area (TPSA) is 89.6 Å². The molecule has 0 fully saturated rings. The van der Waals surface area contributed by atoms with Gasteiger partial charge in [0.25, 0.3) is 0 Å². The first-order chi connectivity index (χ1) is 5.16. The van der Waals surface area contributed by atoms with E-state index in [9.17, 15) is 9.36 Å². The van der Waals surface area contributed by atoms with Crippen LogP contribution in [0.4, 0.5) is 0 Å². The minimum absolute atomic E-state index is 0.176. The summed E-state index contributed by atoms with van der Waals surface area (Å²) in [5.74, 6) is 0. The Balaban J connectivity index is 3.14. The van der Waals surface area contributed by atoms with Crippen LogP contribution in [0.3, 0.4) is 0 Å². The minimum atomic E-state index is -2.82. The average molecular weight is 181 g/mol. The highest BCUT2D eigenvalue weighted by Crippen LogP contribution is 2.14. The normalized spacial score (nSPS) is 15.8. The second kappa shape index (κ2) is 6.49. The highest BCUT2D eigenvalue weighted by atomic mass is 31.1. The molecule has 0 aromatic rings. The first-order valence-corrected chi connectivity index (χ1v) is 4.49. The predicted octanol–water partition coefficient (Wildman–Crippen LogP) is -0.309. The number of hydrogen-bond donors (Lipinski definition) is 2. The molecule has 0 aliphatic rings. The van der Waals surface area contributed by atoms with Gasteiger partial charge in [0.05, 0.1) is 12.6 Å². The van der Waals surface area contributed by atoms with E-state index in [4.69, 9.17) is 10.6 Å². The van der Waals surface area contributed by atoms with E-state index in [0.29, 0.717) is 19.1 Å². The van der Waals surface area contributed by atoms with Crippen molar-refractivity contribution in [3.8, 4) is 0 Å². The molecule has 5 nitrogen and oxygen atoms in total. The lowest BCUT2D eigenvalue weighted by molar-refractivity contribution is -0.109. The van der Waals surface area contributed by atoms with Crippen molar-refractivity contribution in [1.82, 2.24) is 0 Å². The van der Waals surface area contributed by atoms with Gasteiger partial charge in [-0.25, -0.2) is 0 Å². The zero-order valence-corrected chi connectivity index (χ0v) is 7.03. The molecular weight excluding hydrogens is 169 g/mol. The standard InChI is InChI=1S/C5H12NO4P/c6-5(4-7)2-1-3-10-11(8)9/h4-5,11H,1-3,6H2,(H,8,9)/t5-/m1/s1. The molecule has 2 atom stereocenters. The van der Waals surface area contributed by atoms with Gasteiger partial charge in [-0.1, -0.05) is 0 Å². The SMILES string of the molecule is N[C@@H](C=O)CCCO[PH](=O)O. The van der Waals surface area contributed by atoms with Crippen molar-refractivity contribution < 1.29 is 18.8 Å². The molecule has 11 heavy (non-hydrogen) atoms. The number of aldehydes is 1. The van der Waals surface area contributed by atoms with Gasteiger partial charge in [0.15, 0.2) is 0 Å². The molecule has 0 spiro atoms. The number of hydrogen-bond acceptors (Lipinski definition) is 4. The minimum Gasteiger partial charge on any atom is -0.326 e. The molecule has 0 aliphatic heterocycles. The fourth-order valence-electron chi connectivity index (χ4n) is 0.547. The summed E-state index contributed by atoms with van der Waals surface area (Å²) < 4.78 is 14.3. The lowest BCUT2D eigenvalue weighted by Crippen LogP contribution is -2.21. The van der Waals surface area contributed by atoms with E-state index in [2.05, 4.69) is 4.52 Å². The van der Waals surface area contributed by atoms with Crippen molar-refractivity contribution in [3.05, 3.63) is 0 Å². The molecule has 0 heterocycles. The lowest BCUT2D eigenvalue weighted by atomic mass is 10.2. The quantitative estimate of drug-likeness (QED) is 0.333. The second-order valence-electron chi connectivity index (χ2n) is 2.06. The Bertz CT molecular complexity index is 140. The van der Waals surface area contributed by atoms with Gasteiger partial charge in [0.2, 0.25) is 0 Å². The molecule has 0 saturated heterocycles. The van der Waals surface area contributed by atoms with Gasteiger partial charge in [-0.2, -0.15) is 0 Å². The van der Waals surface area contributed by atoms with Crippen LogP contribution in [-0.2, 0) is 13.9 Å². The molecule has 1 unspecified atom stereocenters. The molecule has 0 amide bonds. The summed E-state index contributed by atoms with van der Waals surface area (Å²) in [6.07, 6.45) is 1.65. The second-order valence-corrected chi connectivity index (χ2v) is 2.88. The number of carbonyl (C=O) groups is 1. The lowest BCUT2D eigenvalue weighted by Gasteiger charge is -2.02. The van der Waals surface area contributed by atoms with Gasteiger partial charge in [0.1, 0.15) is 6.29 Å². The molecule has 0 aliphatic carbocycles. The van der Waals surface area contributed by atoms with E-state index in [-0.39, 0.29) is 6.61 Å². The maximum absolute atomic E-state index is 9.98. The van der Waals surface area contributed by atoms with Crippen molar-refractivity contribution in [3.63, 3.8) is 0 Å². The zero-order valence-electron chi connectivity index (χ0n) is 6.03. The van der Waals surface area contributed by atoms with Crippen molar-refractivity contribution in [1.29, 1.82) is 0 Å². The Morgan fingerprint density at radius 2 is 2.36 bits per heavy atom. The van der Waals surface area contributed by atoms with Crippen LogP contribution < -0.4 is 5.73 Å². The van der Waals surface area contributed by atoms with Gasteiger partial charge in [0, 0.05) is 0 Å². The molecule has 6 heteroatoms. The van der Waals surface area contributed by atoms with Gasteiger partial charge >= 0.3 is 8.25 Å². The fraction of sp³-hybridized carbons (Fsp3) is 0.800. The molecule has 0 aromatic carbocycles. The average Bonchev–Trinajstić information content (AvgIpc) is 1.97. The third kappa shape index (κ3) is 7.68. The highest BCUT2D eigenvalue weighted by molar-refractivity contribution is 7.32. The first-order valence-electron chi connectivity index (χ1n) is 3.23. The molecule has 3 N–H and O–H groups in total. The van der Waals surface area contributed by atoms with Crippen molar-refractivity contribution in [2.24, 2.45) is 5.73 Å². The Labute approximate surface area is 65.5 Å². The van der Waals surface area contributed by atoms with Gasteiger partial charge in [-0.3, -0.25) is 4.57 Å². The zero-order chi connectivity index (χ0) is 8.69. The molecule has 0 bridgehead atoms. The summed E-state index contributed by atoms with van der Waals surface area (Å²) in [6, 6.07) is -0.486. The van der Waals surface area contributed by atoms with E-state index in [1.54, 1.807) is 0 Å². The van der Waals surface area contributed by atoms with E-state index < -0.39 is 14.3 Å². The molecule has 0 rings (SSSR count). The monoisotopic (exact) mass is 181 g/mol. The van der Waals surface area contributed by atoms with Crippen molar-refractivity contribution in [2.75, 3.05) is 6.61 Å². The van der Waals surface area contributed by atoms with Crippen LogP contribution in [0.2, 0.25) is 0 Å². The van der Waals surface area contributed by atoms with Crippen LogP contribution in [0, 0.1) is 0 Å². The third-order valence-corrected chi connectivity index (χ3v) is 1.53. The van der Waals surface area contributed by atoms with Crippen molar-refractivity contribution in [2.45, 2.75) is 18.9 Å². The summed E-state index contributed by atoms with van der Waals surface area (Å²) in [7, 11) is -2.82. The summed E-state index contributed by atoms with van der Waals surface area (Å²) in [4.78, 5) is 18.2. The third-order valence-electron chi connectivity index (χ3n) is 1.08. The predicted molar refractivity (Wildman–Crippen MR) is 40.4 cm³/mol. The maximum atomic E-state index is 9.98. The van der Waals surface area contributed by atoms with E-state index in [0.717, 1.165) is 0 Å². The van der Waals surface area contributed by atoms with Crippen LogP contribution in [-0.4, -0.2) is 23.8 Å². The van der Waals surface area contributed by atoms with Crippen LogP contribution >= 0.6 is 8.25 Å². The van der Waals surface area contributed by atoms with Crippen molar-refractivity contribution >= 4 is 14.5 Å². The van der Waals surface area contributed by atoms with Crippen LogP contribution in [0.15, 0.2) is 0 Å². The smallest absolute Gasteiger partial charge is 0.316 e. The summed E-state index contributed by atoms with van der Waals surface area (Å²) in [5.41, 5.74) is 5.23. The summed E-state index contributed by atoms with van der Waals surface area (Å²) in [6.45, 7) is 0.176. The maximum Gasteiger partial charge on any atom is 0.316 e. The molecule has 66 valence electrons.